The van der Waals surface area contributed by atoms with Crippen LogP contribution in [0.4, 0.5) is 0 Å². The maximum atomic E-state index is 6.30. The number of aromatic nitrogens is 2. The van der Waals surface area contributed by atoms with Crippen molar-refractivity contribution in [2.45, 2.75) is 91.3 Å². The fourth-order valence-electron chi connectivity index (χ4n) is 3.99. The van der Waals surface area contributed by atoms with Crippen molar-refractivity contribution < 1.29 is 9.31 Å². The van der Waals surface area contributed by atoms with Gasteiger partial charge >= 0.3 is 7.12 Å². The van der Waals surface area contributed by atoms with Gasteiger partial charge in [0.05, 0.1) is 16.9 Å². The number of aryl methyl sites for hydroxylation is 1. The van der Waals surface area contributed by atoms with Crippen molar-refractivity contribution in [1.82, 2.24) is 9.78 Å². The summed E-state index contributed by atoms with van der Waals surface area (Å²) < 4.78 is 14.5. The number of allylic oxidation sites excluding steroid dienone is 2. The molecule has 0 radical (unpaired) electrons. The minimum atomic E-state index is -0.333. The molecule has 1 fully saturated rings. The molecule has 1 aromatic heterocycles. The van der Waals surface area contributed by atoms with Crippen LogP contribution in [0.2, 0.25) is 0 Å². The Morgan fingerprint density at radius 3 is 2.41 bits per heavy atom. The molecule has 27 heavy (non-hydrogen) atoms. The van der Waals surface area contributed by atoms with Crippen LogP contribution in [0, 0.1) is 11.3 Å². The zero-order chi connectivity index (χ0) is 19.9. The summed E-state index contributed by atoms with van der Waals surface area (Å²) in [7, 11) is 1.66. The quantitative estimate of drug-likeness (QED) is 0.501. The molecule has 0 bridgehead atoms. The fourth-order valence-corrected chi connectivity index (χ4v) is 3.99. The average Bonchev–Trinajstić information content (AvgIpc) is 2.98. The predicted octanol–water partition coefficient (Wildman–Crippen LogP) is 4.42. The smallest absolute Gasteiger partial charge is 0.399 e. The van der Waals surface area contributed by atoms with Crippen molar-refractivity contribution in [3.05, 3.63) is 24.0 Å². The monoisotopic (exact) mass is 372 g/mol. The van der Waals surface area contributed by atoms with Crippen LogP contribution in [0.15, 0.2) is 18.3 Å². The Balaban J connectivity index is 1.71. The standard InChI is InChI=1S/C22H37BN2O2/c1-8-22(6,14-10-13-17-11-9-12-17)15-19-18(16-25(7)24-19)23-26-20(2,3)21(4,5)27-23/h9,11,16-17H,8,10,12-15H2,1-7H3. The Kier molecular flexibility index (Phi) is 5.66. The molecule has 150 valence electrons. The van der Waals surface area contributed by atoms with Crippen molar-refractivity contribution in [2.75, 3.05) is 0 Å². The summed E-state index contributed by atoms with van der Waals surface area (Å²) in [6, 6.07) is 0. The highest BCUT2D eigenvalue weighted by Crippen LogP contribution is 2.38. The van der Waals surface area contributed by atoms with Gasteiger partial charge in [-0.05, 0) is 64.7 Å². The lowest BCUT2D eigenvalue weighted by Crippen LogP contribution is -2.41. The Hall–Kier alpha value is -1.07. The molecule has 2 heterocycles. The van der Waals surface area contributed by atoms with Gasteiger partial charge < -0.3 is 9.31 Å². The van der Waals surface area contributed by atoms with E-state index < -0.39 is 0 Å². The molecule has 2 atom stereocenters. The Morgan fingerprint density at radius 2 is 1.89 bits per heavy atom. The summed E-state index contributed by atoms with van der Waals surface area (Å²) >= 11 is 0. The van der Waals surface area contributed by atoms with Crippen LogP contribution in [0.5, 0.6) is 0 Å². The number of rotatable bonds is 8. The molecule has 2 unspecified atom stereocenters. The second-order valence-corrected chi connectivity index (χ2v) is 9.95. The number of hydrogen-bond acceptors (Lipinski definition) is 3. The SMILES string of the molecule is CCC(C)(CCCC1C=CC1)Cc1nn(C)cc1B1OC(C)(C)C(C)(C)O1. The van der Waals surface area contributed by atoms with Crippen LogP contribution in [0.1, 0.15) is 79.3 Å². The third kappa shape index (κ3) is 4.35. The summed E-state index contributed by atoms with van der Waals surface area (Å²) in [6.45, 7) is 13.1. The zero-order valence-corrected chi connectivity index (χ0v) is 18.3. The molecule has 0 N–H and O–H groups in total. The van der Waals surface area contributed by atoms with Crippen molar-refractivity contribution in [3.8, 4) is 0 Å². The van der Waals surface area contributed by atoms with Crippen LogP contribution in [0.3, 0.4) is 0 Å². The van der Waals surface area contributed by atoms with E-state index in [1.807, 2.05) is 11.7 Å². The van der Waals surface area contributed by atoms with Crippen LogP contribution < -0.4 is 5.46 Å². The predicted molar refractivity (Wildman–Crippen MR) is 112 cm³/mol. The minimum absolute atomic E-state index is 0.264. The van der Waals surface area contributed by atoms with Gasteiger partial charge in [0, 0.05) is 18.7 Å². The molecule has 1 saturated heterocycles. The second kappa shape index (κ2) is 7.40. The first kappa shape index (κ1) is 20.7. The van der Waals surface area contributed by atoms with Crippen molar-refractivity contribution >= 4 is 12.6 Å². The first-order valence-electron chi connectivity index (χ1n) is 10.6. The van der Waals surface area contributed by atoms with E-state index >= 15 is 0 Å². The van der Waals surface area contributed by atoms with Gasteiger partial charge in [0.2, 0.25) is 0 Å². The van der Waals surface area contributed by atoms with Crippen molar-refractivity contribution in [1.29, 1.82) is 0 Å². The van der Waals surface area contributed by atoms with Gasteiger partial charge in [0.1, 0.15) is 0 Å². The van der Waals surface area contributed by atoms with Crippen LogP contribution >= 0.6 is 0 Å². The summed E-state index contributed by atoms with van der Waals surface area (Å²) in [5.74, 6) is 0.821. The molecule has 2 aliphatic rings. The van der Waals surface area contributed by atoms with E-state index in [0.717, 1.165) is 29.9 Å². The normalized spacial score (nSPS) is 25.4. The highest BCUT2D eigenvalue weighted by Gasteiger charge is 2.52. The van der Waals surface area contributed by atoms with Crippen molar-refractivity contribution in [2.24, 2.45) is 18.4 Å². The molecular formula is C22H37BN2O2. The minimum Gasteiger partial charge on any atom is -0.399 e. The van der Waals surface area contributed by atoms with Gasteiger partial charge in [-0.25, -0.2) is 0 Å². The van der Waals surface area contributed by atoms with Gasteiger partial charge in [-0.15, -0.1) is 0 Å². The molecule has 5 heteroatoms. The topological polar surface area (TPSA) is 36.3 Å². The highest BCUT2D eigenvalue weighted by atomic mass is 16.7. The second-order valence-electron chi connectivity index (χ2n) is 9.95. The molecule has 0 aromatic carbocycles. The lowest BCUT2D eigenvalue weighted by molar-refractivity contribution is 0.00578. The molecular weight excluding hydrogens is 335 g/mol. The van der Waals surface area contributed by atoms with Gasteiger partial charge in [-0.2, -0.15) is 5.10 Å². The summed E-state index contributed by atoms with van der Waals surface area (Å²) in [5, 5.41) is 4.80. The summed E-state index contributed by atoms with van der Waals surface area (Å²) in [5.41, 5.74) is 1.84. The zero-order valence-electron chi connectivity index (χ0n) is 18.3. The number of hydrogen-bond donors (Lipinski definition) is 0. The Labute approximate surface area is 165 Å². The molecule has 1 aliphatic heterocycles. The molecule has 3 rings (SSSR count). The average molecular weight is 372 g/mol. The number of nitrogens with zero attached hydrogens (tertiary/aromatic N) is 2. The maximum Gasteiger partial charge on any atom is 0.498 e. The maximum absolute atomic E-state index is 6.30. The molecule has 1 aromatic rings. The summed E-state index contributed by atoms with van der Waals surface area (Å²) in [4.78, 5) is 0. The van der Waals surface area contributed by atoms with Gasteiger partial charge in [-0.3, -0.25) is 4.68 Å². The molecule has 1 aliphatic carbocycles. The first-order valence-corrected chi connectivity index (χ1v) is 10.6. The summed E-state index contributed by atoms with van der Waals surface area (Å²) in [6.07, 6.45) is 14.0. The van der Waals surface area contributed by atoms with Gasteiger partial charge in [0.25, 0.3) is 0 Å². The van der Waals surface area contributed by atoms with E-state index in [1.54, 1.807) is 0 Å². The lowest BCUT2D eigenvalue weighted by atomic mass is 9.72. The van der Waals surface area contributed by atoms with Crippen LogP contribution in [0.25, 0.3) is 0 Å². The first-order chi connectivity index (χ1) is 12.6. The van der Waals surface area contributed by atoms with Crippen LogP contribution in [-0.2, 0) is 22.8 Å². The molecule has 0 amide bonds. The van der Waals surface area contributed by atoms with E-state index in [-0.39, 0.29) is 23.7 Å². The largest absolute Gasteiger partial charge is 0.498 e. The third-order valence-corrected chi connectivity index (χ3v) is 7.09. The highest BCUT2D eigenvalue weighted by molar-refractivity contribution is 6.62. The third-order valence-electron chi connectivity index (χ3n) is 7.09. The lowest BCUT2D eigenvalue weighted by Gasteiger charge is -2.32. The van der Waals surface area contributed by atoms with E-state index in [2.05, 4.69) is 59.9 Å². The van der Waals surface area contributed by atoms with E-state index in [9.17, 15) is 0 Å². The van der Waals surface area contributed by atoms with Gasteiger partial charge in [0.15, 0.2) is 0 Å². The fraction of sp³-hybridized carbons (Fsp3) is 0.773. The molecule has 0 saturated carbocycles. The molecule has 0 spiro atoms. The van der Waals surface area contributed by atoms with Crippen molar-refractivity contribution in [3.63, 3.8) is 0 Å². The van der Waals surface area contributed by atoms with Crippen LogP contribution in [-0.4, -0.2) is 28.1 Å². The van der Waals surface area contributed by atoms with Gasteiger partial charge in [-0.1, -0.05) is 38.8 Å². The molecule has 4 nitrogen and oxygen atoms in total. The van der Waals surface area contributed by atoms with E-state index in [1.165, 1.54) is 25.7 Å². The van der Waals surface area contributed by atoms with E-state index in [4.69, 9.17) is 14.4 Å². The Morgan fingerprint density at radius 1 is 1.26 bits per heavy atom. The van der Waals surface area contributed by atoms with E-state index in [0.29, 0.717) is 0 Å². The Bertz CT molecular complexity index is 678.